The summed E-state index contributed by atoms with van der Waals surface area (Å²) < 4.78 is 40.1. The molecule has 1 aliphatic rings. The van der Waals surface area contributed by atoms with E-state index in [0.717, 1.165) is 16.5 Å². The Morgan fingerprint density at radius 2 is 1.75 bits per heavy atom. The van der Waals surface area contributed by atoms with Gasteiger partial charge in [-0.3, -0.25) is 19.6 Å². The number of hydrogen-bond acceptors (Lipinski definition) is 8. The molecule has 5 aromatic rings. The Morgan fingerprint density at radius 1 is 0.979 bits per heavy atom. The second kappa shape index (κ2) is 13.7. The van der Waals surface area contributed by atoms with E-state index in [4.69, 9.17) is 9.47 Å². The number of nitrogens with one attached hydrogen (secondary N) is 2. The fourth-order valence-electron chi connectivity index (χ4n) is 4.95. The van der Waals surface area contributed by atoms with E-state index in [2.05, 4.69) is 20.6 Å². The van der Waals surface area contributed by atoms with Crippen LogP contribution in [0.2, 0.25) is 0 Å². The highest BCUT2D eigenvalue weighted by Crippen LogP contribution is 2.48. The number of carbonyl (C=O) groups is 3. The van der Waals surface area contributed by atoms with Crippen molar-refractivity contribution in [3.8, 4) is 22.1 Å². The molecule has 0 radical (unpaired) electrons. The highest BCUT2D eigenvalue weighted by atomic mass is 32.1. The second-order valence-electron chi connectivity index (χ2n) is 11.1. The van der Waals surface area contributed by atoms with Crippen LogP contribution in [0.1, 0.15) is 18.4 Å². The maximum Gasteiger partial charge on any atom is 0.407 e. The van der Waals surface area contributed by atoms with Gasteiger partial charge in [-0.25, -0.2) is 13.6 Å². The van der Waals surface area contributed by atoms with Crippen LogP contribution >= 0.6 is 11.3 Å². The number of benzene rings is 2. The van der Waals surface area contributed by atoms with E-state index in [1.165, 1.54) is 59.7 Å². The average molecular weight is 674 g/mol. The number of nitrogens with zero attached hydrogens (tertiary/aromatic N) is 3. The van der Waals surface area contributed by atoms with Gasteiger partial charge in [-0.05, 0) is 66.9 Å². The summed E-state index contributed by atoms with van der Waals surface area (Å²) in [6, 6.07) is 16.3. The molecule has 0 unspecified atom stereocenters. The molecule has 1 saturated carbocycles. The van der Waals surface area contributed by atoms with E-state index in [9.17, 15) is 23.9 Å². The summed E-state index contributed by atoms with van der Waals surface area (Å²) in [5, 5.41) is 14.6. The lowest BCUT2D eigenvalue weighted by Crippen LogP contribution is -2.35. The number of methoxy groups -OCH3 is 1. The van der Waals surface area contributed by atoms with Crippen LogP contribution in [0.3, 0.4) is 0 Å². The Kier molecular flexibility index (Phi) is 9.28. The molecule has 0 atom stereocenters. The minimum absolute atomic E-state index is 0.105. The lowest BCUT2D eigenvalue weighted by atomic mass is 10.0. The zero-order valence-electron chi connectivity index (χ0n) is 25.5. The number of ether oxygens (including phenoxy) is 2. The van der Waals surface area contributed by atoms with Crippen molar-refractivity contribution in [2.75, 3.05) is 30.9 Å². The molecule has 14 heteroatoms. The van der Waals surface area contributed by atoms with Crippen molar-refractivity contribution in [3.63, 3.8) is 0 Å². The second-order valence-corrected chi connectivity index (χ2v) is 12.2. The minimum Gasteiger partial charge on any atom is -0.465 e. The Bertz CT molecular complexity index is 1980. The first kappa shape index (κ1) is 32.5. The van der Waals surface area contributed by atoms with E-state index >= 15 is 4.39 Å². The molecule has 2 aromatic carbocycles. The Balaban J connectivity index is 1.12. The van der Waals surface area contributed by atoms with Crippen LogP contribution in [0.4, 0.5) is 25.0 Å². The molecule has 1 aliphatic carbocycles. The van der Waals surface area contributed by atoms with Crippen molar-refractivity contribution in [2.45, 2.75) is 19.4 Å². The lowest BCUT2D eigenvalue weighted by molar-refractivity contribution is -0.131. The van der Waals surface area contributed by atoms with Crippen molar-refractivity contribution >= 4 is 50.8 Å². The first-order chi connectivity index (χ1) is 23.1. The van der Waals surface area contributed by atoms with Gasteiger partial charge in [-0.2, -0.15) is 0 Å². The molecule has 3 heterocycles. The van der Waals surface area contributed by atoms with Crippen molar-refractivity contribution in [1.82, 2.24) is 14.9 Å². The number of hydrogen-bond donors (Lipinski definition) is 3. The molecule has 11 nitrogen and oxygen atoms in total. The minimum atomic E-state index is -1.34. The maximum atomic E-state index is 15.2. The summed E-state index contributed by atoms with van der Waals surface area (Å²) in [6.07, 6.45) is 2.75. The van der Waals surface area contributed by atoms with Gasteiger partial charge in [0.25, 0.3) is 0 Å². The third-order valence-corrected chi connectivity index (χ3v) is 8.96. The SMILES string of the molecule is COCCN(Cc1ccc(-c2cc3nccc(Oc4ccc(NC(=O)C5(C(=O)Nc6ccc(F)cc6)CC5)c(F)c4)c3s2)nc1)C(=O)O. The van der Waals surface area contributed by atoms with Gasteiger partial charge in [0.05, 0.1) is 39.6 Å². The van der Waals surface area contributed by atoms with Crippen LogP contribution in [0.25, 0.3) is 20.8 Å². The smallest absolute Gasteiger partial charge is 0.407 e. The number of amides is 3. The quantitative estimate of drug-likeness (QED) is 0.121. The molecular formula is C34H29F2N5O6S. The van der Waals surface area contributed by atoms with E-state index in [1.807, 2.05) is 12.1 Å². The van der Waals surface area contributed by atoms with Gasteiger partial charge < -0.3 is 30.1 Å². The van der Waals surface area contributed by atoms with Gasteiger partial charge in [0.1, 0.15) is 28.5 Å². The van der Waals surface area contributed by atoms with Gasteiger partial charge in [0.15, 0.2) is 0 Å². The maximum absolute atomic E-state index is 15.2. The van der Waals surface area contributed by atoms with Crippen molar-refractivity contribution < 1.29 is 37.7 Å². The zero-order valence-corrected chi connectivity index (χ0v) is 26.4. The zero-order chi connectivity index (χ0) is 33.8. The predicted octanol–water partition coefficient (Wildman–Crippen LogP) is 6.91. The average Bonchev–Trinajstić information content (AvgIpc) is 3.78. The molecule has 0 spiro atoms. The molecule has 0 aliphatic heterocycles. The predicted molar refractivity (Wildman–Crippen MR) is 175 cm³/mol. The number of thiophene rings is 1. The number of carboxylic acid groups (broad SMARTS) is 1. The van der Waals surface area contributed by atoms with Crippen LogP contribution in [0.5, 0.6) is 11.5 Å². The molecule has 48 heavy (non-hydrogen) atoms. The fraction of sp³-hybridized carbons (Fsp3) is 0.206. The summed E-state index contributed by atoms with van der Waals surface area (Å²) in [6.45, 7) is 0.690. The van der Waals surface area contributed by atoms with Crippen LogP contribution in [0.15, 0.2) is 79.1 Å². The lowest BCUT2D eigenvalue weighted by Gasteiger charge is -2.18. The number of rotatable bonds is 12. The van der Waals surface area contributed by atoms with E-state index in [0.29, 0.717) is 40.2 Å². The topological polar surface area (TPSA) is 143 Å². The Morgan fingerprint density at radius 3 is 2.42 bits per heavy atom. The number of aromatic nitrogens is 2. The summed E-state index contributed by atoms with van der Waals surface area (Å²) in [5.41, 5.74) is 0.941. The number of fused-ring (bicyclic) bond motifs is 1. The molecular weight excluding hydrogens is 644 g/mol. The van der Waals surface area contributed by atoms with E-state index in [-0.39, 0.29) is 31.1 Å². The molecule has 6 rings (SSSR count). The molecule has 0 saturated heterocycles. The number of halogens is 2. The summed E-state index contributed by atoms with van der Waals surface area (Å²) >= 11 is 1.38. The molecule has 3 amide bonds. The van der Waals surface area contributed by atoms with Crippen LogP contribution in [0, 0.1) is 17.0 Å². The highest BCUT2D eigenvalue weighted by Gasteiger charge is 2.56. The first-order valence-electron chi connectivity index (χ1n) is 14.8. The Hall–Kier alpha value is -5.47. The van der Waals surface area contributed by atoms with Crippen LogP contribution in [-0.2, 0) is 20.9 Å². The van der Waals surface area contributed by atoms with Crippen LogP contribution in [-0.4, -0.2) is 58.1 Å². The number of anilines is 2. The fourth-order valence-corrected chi connectivity index (χ4v) is 5.99. The summed E-state index contributed by atoms with van der Waals surface area (Å²) in [7, 11) is 1.51. The van der Waals surface area contributed by atoms with Crippen LogP contribution < -0.4 is 15.4 Å². The van der Waals surface area contributed by atoms with Gasteiger partial charge in [0, 0.05) is 43.9 Å². The third kappa shape index (κ3) is 7.09. The van der Waals surface area contributed by atoms with Gasteiger partial charge in [-0.15, -0.1) is 11.3 Å². The molecule has 0 bridgehead atoms. The van der Waals surface area contributed by atoms with Gasteiger partial charge in [-0.1, -0.05) is 6.07 Å². The first-order valence-corrected chi connectivity index (χ1v) is 15.6. The van der Waals surface area contributed by atoms with Gasteiger partial charge >= 0.3 is 6.09 Å². The number of pyridine rings is 2. The largest absolute Gasteiger partial charge is 0.465 e. The molecule has 3 aromatic heterocycles. The normalized spacial score (nSPS) is 13.1. The monoisotopic (exact) mass is 673 g/mol. The van der Waals surface area contributed by atoms with Gasteiger partial charge in [0.2, 0.25) is 11.8 Å². The number of carbonyl (C=O) groups excluding carboxylic acids is 2. The summed E-state index contributed by atoms with van der Waals surface area (Å²) in [4.78, 5) is 48.4. The van der Waals surface area contributed by atoms with E-state index < -0.39 is 35.0 Å². The summed E-state index contributed by atoms with van der Waals surface area (Å²) in [5.74, 6) is -1.76. The third-order valence-electron chi connectivity index (χ3n) is 7.80. The van der Waals surface area contributed by atoms with Crippen molar-refractivity contribution in [3.05, 3.63) is 96.3 Å². The Labute approximate surface area is 277 Å². The van der Waals surface area contributed by atoms with E-state index in [1.54, 1.807) is 24.5 Å². The van der Waals surface area contributed by atoms with Crippen molar-refractivity contribution in [1.29, 1.82) is 0 Å². The molecule has 246 valence electrons. The standard InChI is InChI=1S/C34H29F2N5O6S/c1-46-15-14-41(33(44)45)19-20-2-8-26(38-18-20)29-17-27-30(48-29)28(10-13-37-27)47-23-7-9-25(24(36)16-23)40-32(43)34(11-12-34)31(42)39-22-5-3-21(35)4-6-22/h2-10,13,16-18H,11-12,14-15,19H2,1H3,(H,39,42)(H,40,43)(H,44,45). The molecule has 3 N–H and O–H groups in total. The molecule has 1 fully saturated rings. The van der Waals surface area contributed by atoms with Crippen molar-refractivity contribution in [2.24, 2.45) is 5.41 Å². The highest BCUT2D eigenvalue weighted by molar-refractivity contribution is 7.22.